The maximum Gasteiger partial charge on any atom is 0.0707 e. The average molecular weight is 296 g/mol. The molecule has 2 aliphatic rings. The quantitative estimate of drug-likeness (QED) is 0.781. The van der Waals surface area contributed by atoms with Crippen molar-refractivity contribution in [2.24, 2.45) is 17.8 Å². The topological polar surface area (TPSA) is 24.5 Å². The van der Waals surface area contributed by atoms with E-state index in [1.54, 1.807) is 0 Å². The zero-order chi connectivity index (χ0) is 15.2. The molecular formula is C18H36N2O. The van der Waals surface area contributed by atoms with E-state index in [0.717, 1.165) is 37.4 Å². The third kappa shape index (κ3) is 5.88. The third-order valence-electron chi connectivity index (χ3n) is 5.16. The SMILES string of the molecule is CC(C)CNCC1CCC(CN2CCC(C(C)C)CC2)O1. The molecule has 0 aromatic carbocycles. The van der Waals surface area contributed by atoms with Crippen LogP contribution < -0.4 is 5.32 Å². The molecule has 0 saturated carbocycles. The van der Waals surface area contributed by atoms with Gasteiger partial charge in [-0.3, -0.25) is 0 Å². The molecule has 0 aliphatic carbocycles. The summed E-state index contributed by atoms with van der Waals surface area (Å²) >= 11 is 0. The van der Waals surface area contributed by atoms with Crippen molar-refractivity contribution in [2.75, 3.05) is 32.7 Å². The van der Waals surface area contributed by atoms with Crippen molar-refractivity contribution in [1.29, 1.82) is 0 Å². The van der Waals surface area contributed by atoms with Crippen LogP contribution in [0.15, 0.2) is 0 Å². The third-order valence-corrected chi connectivity index (χ3v) is 5.16. The highest BCUT2D eigenvalue weighted by Gasteiger charge is 2.28. The van der Waals surface area contributed by atoms with Gasteiger partial charge in [-0.25, -0.2) is 0 Å². The molecule has 2 fully saturated rings. The van der Waals surface area contributed by atoms with Crippen molar-refractivity contribution >= 4 is 0 Å². The van der Waals surface area contributed by atoms with Crippen molar-refractivity contribution in [3.63, 3.8) is 0 Å². The van der Waals surface area contributed by atoms with Crippen LogP contribution in [0.3, 0.4) is 0 Å². The van der Waals surface area contributed by atoms with Crippen molar-refractivity contribution in [3.05, 3.63) is 0 Å². The Bertz CT molecular complexity index is 285. The van der Waals surface area contributed by atoms with Crippen molar-refractivity contribution in [1.82, 2.24) is 10.2 Å². The lowest BCUT2D eigenvalue weighted by Gasteiger charge is -2.35. The maximum absolute atomic E-state index is 6.22. The first-order valence-electron chi connectivity index (χ1n) is 9.13. The van der Waals surface area contributed by atoms with Gasteiger partial charge in [-0.05, 0) is 63.1 Å². The van der Waals surface area contributed by atoms with Gasteiger partial charge in [0.15, 0.2) is 0 Å². The summed E-state index contributed by atoms with van der Waals surface area (Å²) in [5, 5.41) is 3.53. The summed E-state index contributed by atoms with van der Waals surface area (Å²) in [6.45, 7) is 15.1. The summed E-state index contributed by atoms with van der Waals surface area (Å²) in [6, 6.07) is 0. The Morgan fingerprint density at radius 3 is 2.29 bits per heavy atom. The Morgan fingerprint density at radius 2 is 1.67 bits per heavy atom. The minimum Gasteiger partial charge on any atom is -0.372 e. The lowest BCUT2D eigenvalue weighted by Crippen LogP contribution is -2.40. The fourth-order valence-electron chi connectivity index (χ4n) is 3.69. The normalized spacial score (nSPS) is 28.9. The Labute approximate surface area is 131 Å². The summed E-state index contributed by atoms with van der Waals surface area (Å²) in [5.41, 5.74) is 0. The molecule has 0 amide bonds. The Kier molecular flexibility index (Phi) is 6.97. The van der Waals surface area contributed by atoms with Crippen molar-refractivity contribution in [3.8, 4) is 0 Å². The molecule has 2 saturated heterocycles. The molecule has 2 atom stereocenters. The molecule has 3 nitrogen and oxygen atoms in total. The zero-order valence-electron chi connectivity index (χ0n) is 14.6. The summed E-state index contributed by atoms with van der Waals surface area (Å²) in [6.07, 6.45) is 6.16. The van der Waals surface area contributed by atoms with E-state index >= 15 is 0 Å². The fraction of sp³-hybridized carbons (Fsp3) is 1.00. The molecule has 0 bridgehead atoms. The molecule has 1 N–H and O–H groups in total. The van der Waals surface area contributed by atoms with E-state index in [1.165, 1.54) is 38.8 Å². The molecule has 2 heterocycles. The first kappa shape index (κ1) is 17.2. The standard InChI is InChI=1S/C18H36N2O/c1-14(2)11-19-12-17-5-6-18(21-17)13-20-9-7-16(8-10-20)15(3)4/h14-19H,5-13H2,1-4H3. The first-order chi connectivity index (χ1) is 10.0. The van der Waals surface area contributed by atoms with E-state index in [4.69, 9.17) is 4.74 Å². The van der Waals surface area contributed by atoms with Crippen LogP contribution in [-0.4, -0.2) is 49.8 Å². The minimum absolute atomic E-state index is 0.446. The number of nitrogens with zero attached hydrogens (tertiary/aromatic N) is 1. The van der Waals surface area contributed by atoms with Crippen LogP contribution in [0, 0.1) is 17.8 Å². The average Bonchev–Trinajstić information content (AvgIpc) is 2.86. The lowest BCUT2D eigenvalue weighted by atomic mass is 9.86. The molecule has 124 valence electrons. The highest BCUT2D eigenvalue weighted by Crippen LogP contribution is 2.26. The van der Waals surface area contributed by atoms with Crippen LogP contribution in [-0.2, 0) is 4.74 Å². The summed E-state index contributed by atoms with van der Waals surface area (Å²) in [4.78, 5) is 2.63. The predicted octanol–water partition coefficient (Wildman–Crippen LogP) is 3.15. The van der Waals surface area contributed by atoms with Crippen LogP contribution in [0.1, 0.15) is 53.4 Å². The molecule has 21 heavy (non-hydrogen) atoms. The van der Waals surface area contributed by atoms with E-state index in [2.05, 4.69) is 37.9 Å². The van der Waals surface area contributed by atoms with E-state index < -0.39 is 0 Å². The van der Waals surface area contributed by atoms with Gasteiger partial charge in [0.1, 0.15) is 0 Å². The van der Waals surface area contributed by atoms with E-state index in [1.807, 2.05) is 0 Å². The molecular weight excluding hydrogens is 260 g/mol. The highest BCUT2D eigenvalue weighted by molar-refractivity contribution is 4.81. The van der Waals surface area contributed by atoms with Gasteiger partial charge in [0.2, 0.25) is 0 Å². The number of likely N-dealkylation sites (tertiary alicyclic amines) is 1. The largest absolute Gasteiger partial charge is 0.372 e. The number of ether oxygens (including phenoxy) is 1. The molecule has 2 unspecified atom stereocenters. The van der Waals surface area contributed by atoms with E-state index in [0.29, 0.717) is 12.2 Å². The second kappa shape index (κ2) is 8.50. The van der Waals surface area contributed by atoms with Crippen LogP contribution in [0.5, 0.6) is 0 Å². The van der Waals surface area contributed by atoms with Gasteiger partial charge in [-0.2, -0.15) is 0 Å². The number of piperidine rings is 1. The monoisotopic (exact) mass is 296 g/mol. The van der Waals surface area contributed by atoms with Crippen LogP contribution in [0.2, 0.25) is 0 Å². The summed E-state index contributed by atoms with van der Waals surface area (Å²) in [5.74, 6) is 2.52. The summed E-state index contributed by atoms with van der Waals surface area (Å²) in [7, 11) is 0. The van der Waals surface area contributed by atoms with Gasteiger partial charge in [-0.15, -0.1) is 0 Å². The maximum atomic E-state index is 6.22. The lowest BCUT2D eigenvalue weighted by molar-refractivity contribution is 0.0147. The second-order valence-electron chi connectivity index (χ2n) is 7.89. The predicted molar refractivity (Wildman–Crippen MR) is 89.6 cm³/mol. The van der Waals surface area contributed by atoms with Gasteiger partial charge in [-0.1, -0.05) is 27.7 Å². The van der Waals surface area contributed by atoms with Crippen molar-refractivity contribution < 1.29 is 4.74 Å². The smallest absolute Gasteiger partial charge is 0.0707 e. The van der Waals surface area contributed by atoms with Gasteiger partial charge in [0.25, 0.3) is 0 Å². The highest BCUT2D eigenvalue weighted by atomic mass is 16.5. The van der Waals surface area contributed by atoms with Crippen LogP contribution in [0.25, 0.3) is 0 Å². The second-order valence-corrected chi connectivity index (χ2v) is 7.89. The van der Waals surface area contributed by atoms with Gasteiger partial charge >= 0.3 is 0 Å². The Hall–Kier alpha value is -0.120. The van der Waals surface area contributed by atoms with Crippen LogP contribution >= 0.6 is 0 Å². The molecule has 2 rings (SSSR count). The fourth-order valence-corrected chi connectivity index (χ4v) is 3.69. The number of nitrogens with one attached hydrogen (secondary N) is 1. The Balaban J connectivity index is 1.60. The molecule has 0 aromatic rings. The summed E-state index contributed by atoms with van der Waals surface area (Å²) < 4.78 is 6.22. The molecule has 3 heteroatoms. The first-order valence-corrected chi connectivity index (χ1v) is 9.13. The number of rotatable bonds is 7. The van der Waals surface area contributed by atoms with Gasteiger partial charge in [0, 0.05) is 13.1 Å². The van der Waals surface area contributed by atoms with Gasteiger partial charge in [0.05, 0.1) is 12.2 Å². The minimum atomic E-state index is 0.446. The molecule has 0 aromatic heterocycles. The molecule has 0 radical (unpaired) electrons. The van der Waals surface area contributed by atoms with E-state index in [9.17, 15) is 0 Å². The van der Waals surface area contributed by atoms with E-state index in [-0.39, 0.29) is 0 Å². The zero-order valence-corrected chi connectivity index (χ0v) is 14.6. The Morgan fingerprint density at radius 1 is 1.00 bits per heavy atom. The number of hydrogen-bond donors (Lipinski definition) is 1. The van der Waals surface area contributed by atoms with Crippen molar-refractivity contribution in [2.45, 2.75) is 65.6 Å². The number of hydrogen-bond acceptors (Lipinski definition) is 3. The van der Waals surface area contributed by atoms with Crippen LogP contribution in [0.4, 0.5) is 0 Å². The molecule has 0 spiro atoms. The molecule has 2 aliphatic heterocycles. The van der Waals surface area contributed by atoms with Gasteiger partial charge < -0.3 is 15.0 Å².